The Labute approximate surface area is 137 Å². The Morgan fingerprint density at radius 1 is 1.38 bits per heavy atom. The first-order chi connectivity index (χ1) is 11.5. The summed E-state index contributed by atoms with van der Waals surface area (Å²) in [6, 6.07) is 2.89. The zero-order chi connectivity index (χ0) is 17.3. The van der Waals surface area contributed by atoms with Crippen molar-refractivity contribution in [2.75, 3.05) is 13.1 Å². The Kier molecular flexibility index (Phi) is 3.98. The maximum absolute atomic E-state index is 12.2. The van der Waals surface area contributed by atoms with Crippen molar-refractivity contribution in [3.05, 3.63) is 47.0 Å². The van der Waals surface area contributed by atoms with Crippen LogP contribution in [0.2, 0.25) is 0 Å². The molecular formula is C15H16N6O3. The van der Waals surface area contributed by atoms with Gasteiger partial charge in [-0.25, -0.2) is 0 Å². The lowest BCUT2D eigenvalue weighted by atomic mass is 10.1. The monoisotopic (exact) mass is 328 g/mol. The quantitative estimate of drug-likeness (QED) is 0.693. The second-order valence-corrected chi connectivity index (χ2v) is 5.58. The summed E-state index contributed by atoms with van der Waals surface area (Å²) in [7, 11) is 0. The molecule has 4 N–H and O–H groups in total. The number of aromatic amines is 1. The number of hydrogen-bond donors (Lipinski definition) is 3. The maximum atomic E-state index is 12.2. The Hall–Kier alpha value is -3.23. The number of nitrogens with two attached hydrogens (primary N) is 1. The fraction of sp³-hybridized carbons (Fsp3) is 0.267. The number of H-pyrrole nitrogens is 1. The van der Waals surface area contributed by atoms with E-state index in [1.54, 1.807) is 17.9 Å². The highest BCUT2D eigenvalue weighted by molar-refractivity contribution is 5.99. The molecule has 2 aromatic rings. The van der Waals surface area contributed by atoms with E-state index < -0.39 is 5.91 Å². The number of carbonyl (C=O) groups is 3. The molecule has 0 spiro atoms. The van der Waals surface area contributed by atoms with Crippen LogP contribution in [0.4, 0.5) is 0 Å². The molecule has 0 bridgehead atoms. The summed E-state index contributed by atoms with van der Waals surface area (Å²) in [5, 5.41) is 10.4. The van der Waals surface area contributed by atoms with E-state index in [1.165, 1.54) is 18.5 Å². The summed E-state index contributed by atoms with van der Waals surface area (Å²) < 4.78 is 0. The van der Waals surface area contributed by atoms with Gasteiger partial charge in [-0.15, -0.1) is 0 Å². The number of primary amides is 1. The lowest BCUT2D eigenvalue weighted by Gasteiger charge is -2.39. The lowest BCUT2D eigenvalue weighted by molar-refractivity contribution is 0.0537. The van der Waals surface area contributed by atoms with Gasteiger partial charge in [0.05, 0.1) is 29.1 Å². The van der Waals surface area contributed by atoms with Gasteiger partial charge in [-0.1, -0.05) is 0 Å². The third kappa shape index (κ3) is 2.96. The highest BCUT2D eigenvalue weighted by Gasteiger charge is 2.33. The number of aryl methyl sites for hydroxylation is 1. The van der Waals surface area contributed by atoms with Crippen molar-refractivity contribution in [3.8, 4) is 0 Å². The van der Waals surface area contributed by atoms with Gasteiger partial charge in [0.2, 0.25) is 5.91 Å². The molecule has 1 aliphatic rings. The van der Waals surface area contributed by atoms with E-state index in [1.807, 2.05) is 0 Å². The first kappa shape index (κ1) is 15.7. The first-order valence-corrected chi connectivity index (χ1v) is 7.32. The van der Waals surface area contributed by atoms with Gasteiger partial charge in [0.15, 0.2) is 0 Å². The van der Waals surface area contributed by atoms with E-state index in [9.17, 15) is 14.4 Å². The molecule has 3 amide bonds. The van der Waals surface area contributed by atoms with Crippen LogP contribution in [0.25, 0.3) is 0 Å². The number of carbonyl (C=O) groups excluding carboxylic acids is 3. The predicted octanol–water partition coefficient (Wildman–Crippen LogP) is -0.534. The minimum atomic E-state index is -0.597. The molecule has 0 radical (unpaired) electrons. The van der Waals surface area contributed by atoms with Crippen molar-refractivity contribution < 1.29 is 14.4 Å². The number of nitrogens with zero attached hydrogens (tertiary/aromatic N) is 3. The van der Waals surface area contributed by atoms with Crippen LogP contribution in [-0.2, 0) is 0 Å². The smallest absolute Gasteiger partial charge is 0.270 e. The van der Waals surface area contributed by atoms with Crippen molar-refractivity contribution in [1.82, 2.24) is 25.4 Å². The second kappa shape index (κ2) is 6.11. The molecule has 0 aromatic carbocycles. The second-order valence-electron chi connectivity index (χ2n) is 5.58. The van der Waals surface area contributed by atoms with Gasteiger partial charge in [0.25, 0.3) is 11.8 Å². The van der Waals surface area contributed by atoms with E-state index in [0.29, 0.717) is 30.0 Å². The third-order valence-corrected chi connectivity index (χ3v) is 3.85. The lowest BCUT2D eigenvalue weighted by Crippen LogP contribution is -2.61. The normalized spacial score (nSPS) is 14.1. The minimum absolute atomic E-state index is 0.125. The molecule has 124 valence electrons. The van der Waals surface area contributed by atoms with Crippen molar-refractivity contribution in [1.29, 1.82) is 0 Å². The van der Waals surface area contributed by atoms with E-state index in [0.717, 1.165) is 0 Å². The van der Waals surface area contributed by atoms with Gasteiger partial charge in [0, 0.05) is 19.3 Å². The van der Waals surface area contributed by atoms with E-state index in [-0.39, 0.29) is 23.4 Å². The van der Waals surface area contributed by atoms with Gasteiger partial charge in [0.1, 0.15) is 5.69 Å². The SMILES string of the molecule is Cc1nnccc1C(=O)NC1CN(C(=O)c2cc(C(N)=O)c[nH]2)C1. The molecule has 0 unspecified atom stereocenters. The number of rotatable bonds is 4. The summed E-state index contributed by atoms with van der Waals surface area (Å²) in [6.45, 7) is 2.50. The Morgan fingerprint density at radius 3 is 2.75 bits per heavy atom. The Balaban J connectivity index is 1.55. The molecule has 9 nitrogen and oxygen atoms in total. The maximum Gasteiger partial charge on any atom is 0.270 e. The highest BCUT2D eigenvalue weighted by Crippen LogP contribution is 2.14. The molecule has 1 fully saturated rings. The zero-order valence-corrected chi connectivity index (χ0v) is 12.9. The molecule has 0 saturated carbocycles. The van der Waals surface area contributed by atoms with Gasteiger partial charge in [-0.2, -0.15) is 10.2 Å². The molecule has 24 heavy (non-hydrogen) atoms. The number of amides is 3. The highest BCUT2D eigenvalue weighted by atomic mass is 16.2. The van der Waals surface area contributed by atoms with E-state index in [2.05, 4.69) is 20.5 Å². The third-order valence-electron chi connectivity index (χ3n) is 3.85. The molecule has 0 aliphatic carbocycles. The molecule has 1 aliphatic heterocycles. The van der Waals surface area contributed by atoms with Crippen molar-refractivity contribution in [2.45, 2.75) is 13.0 Å². The summed E-state index contributed by atoms with van der Waals surface area (Å²) in [5.41, 5.74) is 6.71. The predicted molar refractivity (Wildman–Crippen MR) is 83.2 cm³/mol. The Bertz CT molecular complexity index is 809. The molecule has 2 aromatic heterocycles. The average Bonchev–Trinajstić information content (AvgIpc) is 3.00. The van der Waals surface area contributed by atoms with Crippen LogP contribution in [0.5, 0.6) is 0 Å². The van der Waals surface area contributed by atoms with E-state index >= 15 is 0 Å². The van der Waals surface area contributed by atoms with Crippen LogP contribution in [0.15, 0.2) is 24.5 Å². The van der Waals surface area contributed by atoms with Crippen molar-refractivity contribution in [3.63, 3.8) is 0 Å². The number of likely N-dealkylation sites (tertiary alicyclic amines) is 1. The summed E-state index contributed by atoms with van der Waals surface area (Å²) in [6.07, 6.45) is 2.86. The zero-order valence-electron chi connectivity index (χ0n) is 12.9. The standard InChI is InChI=1S/C15H16N6O3/c1-8-11(2-3-18-20-8)14(23)19-10-6-21(7-10)15(24)12-4-9(5-17-12)13(16)22/h2-5,10,17H,6-7H2,1H3,(H2,16,22)(H,19,23). The number of nitrogens with one attached hydrogen (secondary N) is 2. The van der Waals surface area contributed by atoms with Crippen LogP contribution in [-0.4, -0.2) is 56.9 Å². The van der Waals surface area contributed by atoms with E-state index in [4.69, 9.17) is 5.73 Å². The summed E-state index contributed by atoms with van der Waals surface area (Å²) in [5.74, 6) is -1.08. The summed E-state index contributed by atoms with van der Waals surface area (Å²) >= 11 is 0. The van der Waals surface area contributed by atoms with Gasteiger partial charge < -0.3 is 20.9 Å². The van der Waals surface area contributed by atoms with Crippen molar-refractivity contribution in [2.24, 2.45) is 5.73 Å². The summed E-state index contributed by atoms with van der Waals surface area (Å²) in [4.78, 5) is 39.7. The topological polar surface area (TPSA) is 134 Å². The van der Waals surface area contributed by atoms with Crippen LogP contribution >= 0.6 is 0 Å². The first-order valence-electron chi connectivity index (χ1n) is 7.32. The minimum Gasteiger partial charge on any atom is -0.366 e. The molecule has 3 rings (SSSR count). The fourth-order valence-corrected chi connectivity index (χ4v) is 2.47. The fourth-order valence-electron chi connectivity index (χ4n) is 2.47. The van der Waals surface area contributed by atoms with Gasteiger partial charge in [-0.3, -0.25) is 14.4 Å². The number of hydrogen-bond acceptors (Lipinski definition) is 5. The van der Waals surface area contributed by atoms with Crippen LogP contribution in [0, 0.1) is 6.92 Å². The molecule has 1 saturated heterocycles. The van der Waals surface area contributed by atoms with Crippen LogP contribution in [0.1, 0.15) is 36.9 Å². The van der Waals surface area contributed by atoms with Crippen LogP contribution in [0.3, 0.4) is 0 Å². The van der Waals surface area contributed by atoms with Crippen molar-refractivity contribution >= 4 is 17.7 Å². The number of aromatic nitrogens is 3. The molecular weight excluding hydrogens is 312 g/mol. The molecule has 9 heteroatoms. The van der Waals surface area contributed by atoms with Gasteiger partial charge >= 0.3 is 0 Å². The largest absolute Gasteiger partial charge is 0.366 e. The van der Waals surface area contributed by atoms with Crippen LogP contribution < -0.4 is 11.1 Å². The Morgan fingerprint density at radius 2 is 2.12 bits per heavy atom. The molecule has 0 atom stereocenters. The average molecular weight is 328 g/mol. The van der Waals surface area contributed by atoms with Gasteiger partial charge in [-0.05, 0) is 19.1 Å². The molecule has 3 heterocycles.